The van der Waals surface area contributed by atoms with Crippen LogP contribution in [-0.4, -0.2) is 35.6 Å². The van der Waals surface area contributed by atoms with Gasteiger partial charge in [-0.05, 0) is 25.2 Å². The van der Waals surface area contributed by atoms with Gasteiger partial charge >= 0.3 is 0 Å². The summed E-state index contributed by atoms with van der Waals surface area (Å²) in [5, 5.41) is 4.02. The number of hydrogen-bond donors (Lipinski definition) is 1. The average molecular weight is 286 g/mol. The third-order valence-electron chi connectivity index (χ3n) is 3.53. The standard InChI is InChI=1S/C12H22N4O2S/c1-4-15-8-11(12(13)14-15)19(17,18)16-6-9(2)5-10(3)7-16/h8-10H,4-7H2,1-3H3,(H2,13,14). The Morgan fingerprint density at radius 2 is 1.95 bits per heavy atom. The summed E-state index contributed by atoms with van der Waals surface area (Å²) < 4.78 is 28.3. The first-order valence-electron chi connectivity index (χ1n) is 6.67. The van der Waals surface area contributed by atoms with Gasteiger partial charge in [0.2, 0.25) is 10.0 Å². The fourth-order valence-corrected chi connectivity index (χ4v) is 4.46. The highest BCUT2D eigenvalue weighted by Gasteiger charge is 2.33. The minimum absolute atomic E-state index is 0.0905. The molecule has 0 aromatic carbocycles. The first-order chi connectivity index (χ1) is 8.84. The highest BCUT2D eigenvalue weighted by molar-refractivity contribution is 7.89. The lowest BCUT2D eigenvalue weighted by Crippen LogP contribution is -2.42. The molecule has 7 heteroatoms. The van der Waals surface area contributed by atoms with Crippen molar-refractivity contribution in [3.8, 4) is 0 Å². The van der Waals surface area contributed by atoms with Crippen LogP contribution in [0.15, 0.2) is 11.1 Å². The summed E-state index contributed by atoms with van der Waals surface area (Å²) in [6, 6.07) is 0. The first kappa shape index (κ1) is 14.3. The second kappa shape index (κ2) is 5.13. The van der Waals surface area contributed by atoms with Crippen LogP contribution in [0.1, 0.15) is 27.2 Å². The van der Waals surface area contributed by atoms with E-state index >= 15 is 0 Å². The highest BCUT2D eigenvalue weighted by atomic mass is 32.2. The van der Waals surface area contributed by atoms with Gasteiger partial charge in [-0.3, -0.25) is 4.68 Å². The van der Waals surface area contributed by atoms with Gasteiger partial charge in [-0.15, -0.1) is 0 Å². The maximum absolute atomic E-state index is 12.6. The number of anilines is 1. The summed E-state index contributed by atoms with van der Waals surface area (Å²) >= 11 is 0. The first-order valence-corrected chi connectivity index (χ1v) is 8.11. The van der Waals surface area contributed by atoms with Crippen molar-refractivity contribution in [1.29, 1.82) is 0 Å². The molecule has 0 amide bonds. The zero-order valence-electron chi connectivity index (χ0n) is 11.7. The van der Waals surface area contributed by atoms with E-state index in [4.69, 9.17) is 5.73 Å². The van der Waals surface area contributed by atoms with Gasteiger partial charge in [0, 0.05) is 25.8 Å². The third kappa shape index (κ3) is 2.76. The SMILES string of the molecule is CCn1cc(S(=O)(=O)N2CC(C)CC(C)C2)c(N)n1. The molecule has 1 aliphatic rings. The second-order valence-corrected chi connectivity index (χ2v) is 7.41. The van der Waals surface area contributed by atoms with E-state index in [1.807, 2.05) is 6.92 Å². The minimum Gasteiger partial charge on any atom is -0.381 e. The molecule has 2 N–H and O–H groups in total. The number of sulfonamides is 1. The summed E-state index contributed by atoms with van der Waals surface area (Å²) in [5.74, 6) is 0.842. The largest absolute Gasteiger partial charge is 0.381 e. The van der Waals surface area contributed by atoms with E-state index in [1.54, 1.807) is 8.99 Å². The smallest absolute Gasteiger partial charge is 0.248 e. The Morgan fingerprint density at radius 3 is 2.42 bits per heavy atom. The van der Waals surface area contributed by atoms with Crippen LogP contribution in [0.25, 0.3) is 0 Å². The molecule has 1 aliphatic heterocycles. The Bertz CT molecular complexity index is 542. The molecule has 0 aliphatic carbocycles. The monoisotopic (exact) mass is 286 g/mol. The van der Waals surface area contributed by atoms with E-state index in [2.05, 4.69) is 18.9 Å². The van der Waals surface area contributed by atoms with Crippen molar-refractivity contribution in [3.63, 3.8) is 0 Å². The summed E-state index contributed by atoms with van der Waals surface area (Å²) in [6.45, 7) is 7.78. The predicted molar refractivity (Wildman–Crippen MR) is 74.0 cm³/mol. The van der Waals surface area contributed by atoms with Gasteiger partial charge < -0.3 is 5.73 Å². The Balaban J connectivity index is 2.33. The van der Waals surface area contributed by atoms with Crippen LogP contribution >= 0.6 is 0 Å². The molecule has 2 rings (SSSR count). The second-order valence-electron chi connectivity index (χ2n) is 5.50. The van der Waals surface area contributed by atoms with E-state index in [1.165, 1.54) is 6.20 Å². The van der Waals surface area contributed by atoms with E-state index in [-0.39, 0.29) is 10.7 Å². The molecule has 1 aromatic heterocycles. The number of hydrogen-bond acceptors (Lipinski definition) is 4. The van der Waals surface area contributed by atoms with Crippen LogP contribution in [0.4, 0.5) is 5.82 Å². The zero-order chi connectivity index (χ0) is 14.2. The Hall–Kier alpha value is -1.08. The van der Waals surface area contributed by atoms with Crippen molar-refractivity contribution in [3.05, 3.63) is 6.20 Å². The summed E-state index contributed by atoms with van der Waals surface area (Å²) in [7, 11) is -3.52. The maximum atomic E-state index is 12.6. The van der Waals surface area contributed by atoms with Crippen molar-refractivity contribution in [2.45, 2.75) is 38.6 Å². The Labute approximate surface area is 114 Å². The highest BCUT2D eigenvalue weighted by Crippen LogP contribution is 2.28. The molecule has 108 valence electrons. The van der Waals surface area contributed by atoms with Crippen molar-refractivity contribution < 1.29 is 8.42 Å². The van der Waals surface area contributed by atoms with Crippen molar-refractivity contribution >= 4 is 15.8 Å². The van der Waals surface area contributed by atoms with Crippen LogP contribution in [0.2, 0.25) is 0 Å². The quantitative estimate of drug-likeness (QED) is 0.904. The van der Waals surface area contributed by atoms with Crippen molar-refractivity contribution in [2.75, 3.05) is 18.8 Å². The molecule has 2 unspecified atom stereocenters. The third-order valence-corrected chi connectivity index (χ3v) is 5.38. The van der Waals surface area contributed by atoms with Crippen LogP contribution < -0.4 is 5.73 Å². The maximum Gasteiger partial charge on any atom is 0.248 e. The van der Waals surface area contributed by atoms with Crippen LogP contribution in [0, 0.1) is 11.8 Å². The lowest BCUT2D eigenvalue weighted by atomic mass is 9.94. The topological polar surface area (TPSA) is 81.2 Å². The number of rotatable bonds is 3. The summed E-state index contributed by atoms with van der Waals surface area (Å²) in [6.07, 6.45) is 2.59. The Kier molecular flexibility index (Phi) is 3.87. The Morgan fingerprint density at radius 1 is 1.37 bits per heavy atom. The average Bonchev–Trinajstić information content (AvgIpc) is 2.70. The van der Waals surface area contributed by atoms with Gasteiger partial charge in [0.15, 0.2) is 5.82 Å². The van der Waals surface area contributed by atoms with Gasteiger partial charge in [-0.25, -0.2) is 8.42 Å². The zero-order valence-corrected chi connectivity index (χ0v) is 12.5. The van der Waals surface area contributed by atoms with Crippen LogP contribution in [-0.2, 0) is 16.6 Å². The fourth-order valence-electron chi connectivity index (χ4n) is 2.72. The van der Waals surface area contributed by atoms with E-state index in [0.717, 1.165) is 6.42 Å². The molecule has 0 saturated carbocycles. The molecule has 1 aromatic rings. The van der Waals surface area contributed by atoms with Gasteiger partial charge in [-0.1, -0.05) is 13.8 Å². The molecule has 1 fully saturated rings. The van der Waals surface area contributed by atoms with Gasteiger partial charge in [0.25, 0.3) is 0 Å². The number of aryl methyl sites for hydroxylation is 1. The van der Waals surface area contributed by atoms with Crippen molar-refractivity contribution in [1.82, 2.24) is 14.1 Å². The van der Waals surface area contributed by atoms with E-state index < -0.39 is 10.0 Å². The molecule has 1 saturated heterocycles. The molecular weight excluding hydrogens is 264 g/mol. The predicted octanol–water partition coefficient (Wildman–Crippen LogP) is 1.15. The van der Waals surface area contributed by atoms with E-state index in [0.29, 0.717) is 31.5 Å². The summed E-state index contributed by atoms with van der Waals surface area (Å²) in [5.41, 5.74) is 5.74. The van der Waals surface area contributed by atoms with Gasteiger partial charge in [0.1, 0.15) is 4.90 Å². The molecular formula is C12H22N4O2S. The molecule has 6 nitrogen and oxygen atoms in total. The molecule has 2 heterocycles. The van der Waals surface area contributed by atoms with Crippen LogP contribution in [0.3, 0.4) is 0 Å². The lowest BCUT2D eigenvalue weighted by molar-refractivity contribution is 0.222. The van der Waals surface area contributed by atoms with Gasteiger partial charge in [0.05, 0.1) is 0 Å². The molecule has 19 heavy (non-hydrogen) atoms. The molecule has 0 bridgehead atoms. The fraction of sp³-hybridized carbons (Fsp3) is 0.750. The minimum atomic E-state index is -3.52. The number of nitrogen functional groups attached to an aromatic ring is 1. The van der Waals surface area contributed by atoms with Crippen molar-refractivity contribution in [2.24, 2.45) is 11.8 Å². The number of aromatic nitrogens is 2. The number of piperidine rings is 1. The van der Waals surface area contributed by atoms with E-state index in [9.17, 15) is 8.42 Å². The lowest BCUT2D eigenvalue weighted by Gasteiger charge is -2.33. The van der Waals surface area contributed by atoms with Crippen LogP contribution in [0.5, 0.6) is 0 Å². The number of nitrogens with zero attached hydrogens (tertiary/aromatic N) is 3. The normalized spacial score (nSPS) is 25.6. The molecule has 2 atom stereocenters. The molecule has 0 spiro atoms. The van der Waals surface area contributed by atoms with Gasteiger partial charge in [-0.2, -0.15) is 9.40 Å². The molecule has 0 radical (unpaired) electrons. The number of nitrogens with two attached hydrogens (primary N) is 1. The summed E-state index contributed by atoms with van der Waals surface area (Å²) in [4.78, 5) is 0.135.